The molecule has 0 spiro atoms. The summed E-state index contributed by atoms with van der Waals surface area (Å²) in [6.45, 7) is 0.713. The van der Waals surface area contributed by atoms with Crippen LogP contribution in [0.5, 0.6) is 0 Å². The maximum Gasteiger partial charge on any atom is 0.115 e. The summed E-state index contributed by atoms with van der Waals surface area (Å²) in [4.78, 5) is 8.00. The first-order valence-corrected chi connectivity index (χ1v) is 5.52. The van der Waals surface area contributed by atoms with Crippen LogP contribution in [-0.2, 0) is 6.54 Å². The number of aliphatic hydroxyl groups is 1. The van der Waals surface area contributed by atoms with Crippen LogP contribution in [0.3, 0.4) is 0 Å². The lowest BCUT2D eigenvalue weighted by atomic mass is 9.92. The van der Waals surface area contributed by atoms with Crippen molar-refractivity contribution in [2.45, 2.75) is 44.4 Å². The minimum absolute atomic E-state index is 0.194. The summed E-state index contributed by atoms with van der Waals surface area (Å²) in [5.41, 5.74) is 0.975. The van der Waals surface area contributed by atoms with Crippen molar-refractivity contribution >= 4 is 0 Å². The fraction of sp³-hybridized carbons (Fsp3) is 0.636. The maximum atomic E-state index is 9.75. The average Bonchev–Trinajstić information content (AvgIpc) is 2.29. The predicted octanol–water partition coefficient (Wildman–Crippen LogP) is 0.870. The first kappa shape index (κ1) is 10.5. The Morgan fingerprint density at radius 3 is 3.00 bits per heavy atom. The molecular weight excluding hydrogens is 190 g/mol. The molecule has 1 saturated carbocycles. The zero-order chi connectivity index (χ0) is 10.5. The van der Waals surface area contributed by atoms with E-state index < -0.39 is 0 Å². The van der Waals surface area contributed by atoms with Gasteiger partial charge >= 0.3 is 0 Å². The van der Waals surface area contributed by atoms with Crippen molar-refractivity contribution in [3.05, 3.63) is 24.3 Å². The molecule has 82 valence electrons. The van der Waals surface area contributed by atoms with Gasteiger partial charge in [0.25, 0.3) is 0 Å². The Kier molecular flexibility index (Phi) is 3.64. The molecule has 0 aromatic carbocycles. The molecule has 1 heterocycles. The van der Waals surface area contributed by atoms with Crippen LogP contribution in [0, 0.1) is 0 Å². The van der Waals surface area contributed by atoms with Crippen LogP contribution in [0.2, 0.25) is 0 Å². The van der Waals surface area contributed by atoms with Gasteiger partial charge in [0.05, 0.1) is 11.8 Å². The zero-order valence-electron chi connectivity index (χ0n) is 8.76. The number of hydrogen-bond acceptors (Lipinski definition) is 4. The second-order valence-electron chi connectivity index (χ2n) is 4.04. The van der Waals surface area contributed by atoms with Crippen LogP contribution >= 0.6 is 0 Å². The highest BCUT2D eigenvalue weighted by Gasteiger charge is 2.22. The third kappa shape index (κ3) is 2.97. The Morgan fingerprint density at radius 1 is 1.40 bits per heavy atom. The zero-order valence-corrected chi connectivity index (χ0v) is 8.76. The van der Waals surface area contributed by atoms with Gasteiger partial charge in [-0.2, -0.15) is 0 Å². The molecule has 1 aromatic rings. The van der Waals surface area contributed by atoms with E-state index in [1.54, 1.807) is 12.5 Å². The SMILES string of the molecule is OC1CCCCC1NCc1ccncn1. The summed E-state index contributed by atoms with van der Waals surface area (Å²) in [5.74, 6) is 0. The smallest absolute Gasteiger partial charge is 0.115 e. The summed E-state index contributed by atoms with van der Waals surface area (Å²) in [6.07, 6.45) is 7.43. The van der Waals surface area contributed by atoms with E-state index in [1.807, 2.05) is 6.07 Å². The fourth-order valence-corrected chi connectivity index (χ4v) is 2.01. The number of nitrogens with zero attached hydrogens (tertiary/aromatic N) is 2. The summed E-state index contributed by atoms with van der Waals surface area (Å²) in [6, 6.07) is 2.12. The highest BCUT2D eigenvalue weighted by molar-refractivity contribution is 4.98. The second-order valence-corrected chi connectivity index (χ2v) is 4.04. The van der Waals surface area contributed by atoms with Crippen LogP contribution in [0.15, 0.2) is 18.6 Å². The first-order valence-electron chi connectivity index (χ1n) is 5.52. The number of aliphatic hydroxyl groups excluding tert-OH is 1. The van der Waals surface area contributed by atoms with Crippen molar-refractivity contribution in [1.82, 2.24) is 15.3 Å². The van der Waals surface area contributed by atoms with Gasteiger partial charge in [0.1, 0.15) is 6.33 Å². The third-order valence-corrected chi connectivity index (χ3v) is 2.92. The lowest BCUT2D eigenvalue weighted by molar-refractivity contribution is 0.0901. The topological polar surface area (TPSA) is 58.0 Å². The molecule has 2 N–H and O–H groups in total. The highest BCUT2D eigenvalue weighted by atomic mass is 16.3. The van der Waals surface area contributed by atoms with Gasteiger partial charge < -0.3 is 10.4 Å². The Bertz CT molecular complexity index is 291. The predicted molar refractivity (Wildman–Crippen MR) is 57.1 cm³/mol. The Labute approximate surface area is 89.8 Å². The van der Waals surface area contributed by atoms with E-state index in [-0.39, 0.29) is 12.1 Å². The largest absolute Gasteiger partial charge is 0.392 e. The molecule has 2 rings (SSSR count). The van der Waals surface area contributed by atoms with Gasteiger partial charge in [-0.3, -0.25) is 0 Å². The Morgan fingerprint density at radius 2 is 2.27 bits per heavy atom. The monoisotopic (exact) mass is 207 g/mol. The van der Waals surface area contributed by atoms with E-state index in [9.17, 15) is 5.11 Å². The summed E-state index contributed by atoms with van der Waals surface area (Å²) in [7, 11) is 0. The van der Waals surface area contributed by atoms with Gasteiger partial charge in [0, 0.05) is 18.8 Å². The molecule has 1 aliphatic rings. The molecule has 0 radical (unpaired) electrons. The molecule has 0 aliphatic heterocycles. The van der Waals surface area contributed by atoms with Crippen LogP contribution in [0.25, 0.3) is 0 Å². The van der Waals surface area contributed by atoms with Gasteiger partial charge in [0.2, 0.25) is 0 Å². The van der Waals surface area contributed by atoms with Crippen LogP contribution in [0.1, 0.15) is 31.4 Å². The minimum atomic E-state index is -0.194. The maximum absolute atomic E-state index is 9.75. The Hall–Kier alpha value is -1.00. The van der Waals surface area contributed by atoms with Crippen molar-refractivity contribution in [3.63, 3.8) is 0 Å². The van der Waals surface area contributed by atoms with Crippen molar-refractivity contribution in [2.75, 3.05) is 0 Å². The molecule has 2 atom stereocenters. The third-order valence-electron chi connectivity index (χ3n) is 2.92. The molecule has 1 aromatic heterocycles. The van der Waals surface area contributed by atoms with E-state index in [4.69, 9.17) is 0 Å². The quantitative estimate of drug-likeness (QED) is 0.772. The summed E-state index contributed by atoms with van der Waals surface area (Å²) >= 11 is 0. The van der Waals surface area contributed by atoms with E-state index >= 15 is 0 Å². The molecule has 15 heavy (non-hydrogen) atoms. The molecule has 2 unspecified atom stereocenters. The number of hydrogen-bond donors (Lipinski definition) is 2. The molecule has 1 aliphatic carbocycles. The lowest BCUT2D eigenvalue weighted by Crippen LogP contribution is -2.41. The van der Waals surface area contributed by atoms with Crippen LogP contribution in [0.4, 0.5) is 0 Å². The van der Waals surface area contributed by atoms with Gasteiger partial charge in [-0.1, -0.05) is 12.8 Å². The molecule has 4 nitrogen and oxygen atoms in total. The average molecular weight is 207 g/mol. The van der Waals surface area contributed by atoms with Gasteiger partial charge in [-0.25, -0.2) is 9.97 Å². The highest BCUT2D eigenvalue weighted by Crippen LogP contribution is 2.18. The normalized spacial score (nSPS) is 26.5. The van der Waals surface area contributed by atoms with E-state index in [0.717, 1.165) is 25.0 Å². The fourth-order valence-electron chi connectivity index (χ4n) is 2.01. The second kappa shape index (κ2) is 5.19. The molecular formula is C11H17N3O. The summed E-state index contributed by atoms with van der Waals surface area (Å²) in [5, 5.41) is 13.1. The van der Waals surface area contributed by atoms with Crippen molar-refractivity contribution < 1.29 is 5.11 Å². The molecule has 4 heteroatoms. The van der Waals surface area contributed by atoms with Gasteiger partial charge in [-0.05, 0) is 18.9 Å². The first-order chi connectivity index (χ1) is 7.36. The van der Waals surface area contributed by atoms with Crippen molar-refractivity contribution in [1.29, 1.82) is 0 Å². The molecule has 0 amide bonds. The van der Waals surface area contributed by atoms with Crippen LogP contribution < -0.4 is 5.32 Å². The minimum Gasteiger partial charge on any atom is -0.392 e. The van der Waals surface area contributed by atoms with Crippen LogP contribution in [-0.4, -0.2) is 27.2 Å². The van der Waals surface area contributed by atoms with E-state index in [2.05, 4.69) is 15.3 Å². The van der Waals surface area contributed by atoms with E-state index in [0.29, 0.717) is 6.54 Å². The molecule has 0 saturated heterocycles. The van der Waals surface area contributed by atoms with E-state index in [1.165, 1.54) is 6.42 Å². The lowest BCUT2D eigenvalue weighted by Gasteiger charge is -2.28. The van der Waals surface area contributed by atoms with Gasteiger partial charge in [0.15, 0.2) is 0 Å². The van der Waals surface area contributed by atoms with Gasteiger partial charge in [-0.15, -0.1) is 0 Å². The standard InChI is InChI=1S/C11H17N3O/c15-11-4-2-1-3-10(11)13-7-9-5-6-12-8-14-9/h5-6,8,10-11,13,15H,1-4,7H2. The molecule has 1 fully saturated rings. The Balaban J connectivity index is 1.82. The number of nitrogens with one attached hydrogen (secondary N) is 1. The van der Waals surface area contributed by atoms with Crippen molar-refractivity contribution in [2.24, 2.45) is 0 Å². The molecule has 0 bridgehead atoms. The number of rotatable bonds is 3. The summed E-state index contributed by atoms with van der Waals surface area (Å²) < 4.78 is 0. The number of aromatic nitrogens is 2. The van der Waals surface area contributed by atoms with Crippen molar-refractivity contribution in [3.8, 4) is 0 Å².